The number of rotatable bonds is 7. The number of hydrogen-bond donors (Lipinski definition) is 1. The summed E-state index contributed by atoms with van der Waals surface area (Å²) >= 11 is 0. The van der Waals surface area contributed by atoms with E-state index in [0.29, 0.717) is 22.3 Å². The molecule has 0 aliphatic heterocycles. The molecular formula is C22H24FN3O2. The van der Waals surface area contributed by atoms with Gasteiger partial charge in [-0.25, -0.2) is 9.37 Å². The fourth-order valence-corrected chi connectivity index (χ4v) is 3.04. The molecule has 0 aliphatic carbocycles. The molecule has 2 aromatic carbocycles. The molecule has 146 valence electrons. The van der Waals surface area contributed by atoms with Crippen molar-refractivity contribution in [3.05, 3.63) is 76.0 Å². The molecule has 0 bridgehead atoms. The van der Waals surface area contributed by atoms with E-state index in [1.807, 2.05) is 32.0 Å². The molecule has 0 saturated carbocycles. The Balaban J connectivity index is 1.94. The number of amides is 1. The zero-order valence-corrected chi connectivity index (χ0v) is 16.1. The van der Waals surface area contributed by atoms with Crippen molar-refractivity contribution in [2.45, 2.75) is 45.7 Å². The van der Waals surface area contributed by atoms with Gasteiger partial charge in [0, 0.05) is 24.4 Å². The van der Waals surface area contributed by atoms with E-state index in [1.165, 1.54) is 10.6 Å². The first-order chi connectivity index (χ1) is 13.5. The zero-order valence-electron chi connectivity index (χ0n) is 16.1. The van der Waals surface area contributed by atoms with Crippen LogP contribution >= 0.6 is 0 Å². The number of aromatic nitrogens is 2. The highest BCUT2D eigenvalue weighted by Crippen LogP contribution is 2.14. The summed E-state index contributed by atoms with van der Waals surface area (Å²) in [7, 11) is 0. The van der Waals surface area contributed by atoms with Crippen LogP contribution in [0, 0.1) is 5.82 Å². The van der Waals surface area contributed by atoms with Gasteiger partial charge in [0.2, 0.25) is 5.91 Å². The number of para-hydroxylation sites is 2. The number of aryl methyl sites for hydroxylation is 1. The van der Waals surface area contributed by atoms with E-state index in [4.69, 9.17) is 0 Å². The topological polar surface area (TPSA) is 64.0 Å². The summed E-state index contributed by atoms with van der Waals surface area (Å²) in [5, 5.41) is 2.89. The highest BCUT2D eigenvalue weighted by molar-refractivity contribution is 5.77. The third-order valence-electron chi connectivity index (χ3n) is 4.81. The minimum Gasteiger partial charge on any atom is -0.354 e. The summed E-state index contributed by atoms with van der Waals surface area (Å²) in [5.74, 6) is -0.464. The average Bonchev–Trinajstić information content (AvgIpc) is 2.70. The van der Waals surface area contributed by atoms with Crippen molar-refractivity contribution >= 4 is 16.9 Å². The fraction of sp³-hybridized carbons (Fsp3) is 0.318. The predicted octanol–water partition coefficient (Wildman–Crippen LogP) is 3.43. The third kappa shape index (κ3) is 4.44. The minimum atomic E-state index is -0.357. The lowest BCUT2D eigenvalue weighted by Gasteiger charge is -2.14. The lowest BCUT2D eigenvalue weighted by Crippen LogP contribution is -2.33. The predicted molar refractivity (Wildman–Crippen MR) is 108 cm³/mol. The van der Waals surface area contributed by atoms with E-state index in [9.17, 15) is 14.0 Å². The molecule has 0 spiro atoms. The number of benzene rings is 2. The van der Waals surface area contributed by atoms with Crippen LogP contribution in [0.25, 0.3) is 11.0 Å². The van der Waals surface area contributed by atoms with E-state index in [-0.39, 0.29) is 42.7 Å². The van der Waals surface area contributed by atoms with Crippen molar-refractivity contribution in [3.8, 4) is 0 Å². The van der Waals surface area contributed by atoms with Gasteiger partial charge in [0.1, 0.15) is 11.5 Å². The number of halogens is 1. The van der Waals surface area contributed by atoms with Gasteiger partial charge < -0.3 is 9.88 Å². The Bertz CT molecular complexity index is 1050. The Morgan fingerprint density at radius 3 is 2.64 bits per heavy atom. The van der Waals surface area contributed by atoms with E-state index < -0.39 is 0 Å². The minimum absolute atomic E-state index is 0.0924. The van der Waals surface area contributed by atoms with Gasteiger partial charge in [-0.2, -0.15) is 0 Å². The van der Waals surface area contributed by atoms with Crippen molar-refractivity contribution in [1.82, 2.24) is 14.9 Å². The molecule has 1 heterocycles. The van der Waals surface area contributed by atoms with Gasteiger partial charge in [0.25, 0.3) is 5.56 Å². The first-order valence-electron chi connectivity index (χ1n) is 9.50. The molecule has 5 nitrogen and oxygen atoms in total. The van der Waals surface area contributed by atoms with Gasteiger partial charge in [-0.3, -0.25) is 9.59 Å². The molecule has 1 amide bonds. The van der Waals surface area contributed by atoms with Gasteiger partial charge in [-0.15, -0.1) is 0 Å². The monoisotopic (exact) mass is 381 g/mol. The number of carbonyl (C=O) groups excluding carboxylic acids is 1. The number of fused-ring (bicyclic) bond motifs is 1. The summed E-state index contributed by atoms with van der Waals surface area (Å²) in [5.41, 5.74) is 1.74. The average molecular weight is 381 g/mol. The van der Waals surface area contributed by atoms with Crippen LogP contribution in [0.5, 0.6) is 0 Å². The molecule has 1 N–H and O–H groups in total. The lowest BCUT2D eigenvalue weighted by molar-refractivity contribution is -0.121. The molecule has 0 aliphatic rings. The normalized spacial score (nSPS) is 12.1. The van der Waals surface area contributed by atoms with Gasteiger partial charge in [0.15, 0.2) is 0 Å². The Kier molecular flexibility index (Phi) is 6.19. The molecule has 1 unspecified atom stereocenters. The Morgan fingerprint density at radius 1 is 1.18 bits per heavy atom. The van der Waals surface area contributed by atoms with Crippen molar-refractivity contribution in [2.75, 3.05) is 0 Å². The fourth-order valence-electron chi connectivity index (χ4n) is 3.04. The third-order valence-corrected chi connectivity index (χ3v) is 4.81. The van der Waals surface area contributed by atoms with Crippen LogP contribution in [0.15, 0.2) is 53.3 Å². The highest BCUT2D eigenvalue weighted by Gasteiger charge is 2.14. The van der Waals surface area contributed by atoms with Gasteiger partial charge in [-0.05, 0) is 31.5 Å². The van der Waals surface area contributed by atoms with Crippen LogP contribution in [-0.2, 0) is 17.8 Å². The molecule has 3 aromatic rings. The summed E-state index contributed by atoms with van der Waals surface area (Å²) in [4.78, 5) is 29.6. The summed E-state index contributed by atoms with van der Waals surface area (Å²) in [6.07, 6.45) is 1.27. The second kappa shape index (κ2) is 8.78. The molecule has 0 radical (unpaired) electrons. The second-order valence-corrected chi connectivity index (χ2v) is 6.91. The number of hydrogen-bond acceptors (Lipinski definition) is 3. The van der Waals surface area contributed by atoms with E-state index in [0.717, 1.165) is 6.42 Å². The van der Waals surface area contributed by atoms with Gasteiger partial charge in [0.05, 0.1) is 17.6 Å². The quantitative estimate of drug-likeness (QED) is 0.682. The summed E-state index contributed by atoms with van der Waals surface area (Å²) < 4.78 is 15.7. The van der Waals surface area contributed by atoms with E-state index in [2.05, 4.69) is 10.3 Å². The smallest absolute Gasteiger partial charge is 0.273 e. The van der Waals surface area contributed by atoms with Crippen molar-refractivity contribution in [2.24, 2.45) is 0 Å². The Labute approximate surface area is 163 Å². The molecule has 1 atom stereocenters. The van der Waals surface area contributed by atoms with Crippen LogP contribution in [0.1, 0.15) is 37.9 Å². The molecular weight excluding hydrogens is 357 g/mol. The Hall–Kier alpha value is -3.02. The Morgan fingerprint density at radius 2 is 1.89 bits per heavy atom. The number of nitrogens with one attached hydrogen (secondary N) is 1. The first kappa shape index (κ1) is 19.7. The number of nitrogens with zero attached hydrogens (tertiary/aromatic N) is 2. The number of carbonyl (C=O) groups is 1. The van der Waals surface area contributed by atoms with E-state index >= 15 is 0 Å². The van der Waals surface area contributed by atoms with E-state index in [1.54, 1.807) is 24.3 Å². The van der Waals surface area contributed by atoms with Crippen molar-refractivity contribution < 1.29 is 9.18 Å². The lowest BCUT2D eigenvalue weighted by atomic mass is 10.1. The molecule has 0 fully saturated rings. The standard InChI is InChI=1S/C22H24FN3O2/c1-3-15(2)24-21(27)13-12-19-22(28)26(14-16-8-4-5-9-17(16)23)20-11-7-6-10-18(20)25-19/h4-11,15H,3,12-14H2,1-2H3,(H,24,27). The van der Waals surface area contributed by atoms with Crippen LogP contribution in [0.4, 0.5) is 4.39 Å². The molecule has 6 heteroatoms. The molecule has 28 heavy (non-hydrogen) atoms. The summed E-state index contributed by atoms with van der Waals surface area (Å²) in [6, 6.07) is 13.8. The van der Waals surface area contributed by atoms with Gasteiger partial charge >= 0.3 is 0 Å². The molecule has 3 rings (SSSR count). The van der Waals surface area contributed by atoms with Crippen LogP contribution in [0.2, 0.25) is 0 Å². The van der Waals surface area contributed by atoms with Crippen LogP contribution < -0.4 is 10.9 Å². The highest BCUT2D eigenvalue weighted by atomic mass is 19.1. The van der Waals surface area contributed by atoms with Crippen LogP contribution in [0.3, 0.4) is 0 Å². The largest absolute Gasteiger partial charge is 0.354 e. The van der Waals surface area contributed by atoms with Crippen molar-refractivity contribution in [1.29, 1.82) is 0 Å². The first-order valence-corrected chi connectivity index (χ1v) is 9.50. The summed E-state index contributed by atoms with van der Waals surface area (Å²) in [6.45, 7) is 4.05. The molecule has 0 saturated heterocycles. The second-order valence-electron chi connectivity index (χ2n) is 6.91. The van der Waals surface area contributed by atoms with Crippen molar-refractivity contribution in [3.63, 3.8) is 0 Å². The van der Waals surface area contributed by atoms with Gasteiger partial charge in [-0.1, -0.05) is 37.3 Å². The SMILES string of the molecule is CCC(C)NC(=O)CCc1nc2ccccc2n(Cc2ccccc2F)c1=O. The molecule has 1 aromatic heterocycles. The van der Waals surface area contributed by atoms with Crippen LogP contribution in [-0.4, -0.2) is 21.5 Å². The zero-order chi connectivity index (χ0) is 20.1. The maximum absolute atomic E-state index is 14.1. The maximum atomic E-state index is 14.1. The maximum Gasteiger partial charge on any atom is 0.273 e.